The predicted octanol–water partition coefficient (Wildman–Crippen LogP) is -0.472. The van der Waals surface area contributed by atoms with Crippen molar-refractivity contribution in [2.24, 2.45) is 0 Å². The fraction of sp³-hybridized carbons (Fsp3) is 0.200. The summed E-state index contributed by atoms with van der Waals surface area (Å²) in [7, 11) is 0. The van der Waals surface area contributed by atoms with E-state index >= 15 is 0 Å². The van der Waals surface area contributed by atoms with E-state index in [2.05, 4.69) is 43.8 Å². The second kappa shape index (κ2) is 7.94. The van der Waals surface area contributed by atoms with Gasteiger partial charge in [-0.1, -0.05) is 36.4 Å². The standard InChI is InChI=1S/C10H11.HI.Zn/c1-3-5-10-7-4-6-9(2)8-10;;/h4,6-8H,1,5H2,2H3;1H;/p-1. The van der Waals surface area contributed by atoms with Gasteiger partial charge >= 0.3 is 0 Å². The van der Waals surface area contributed by atoms with Gasteiger partial charge in [-0.25, -0.2) is 0 Å². The van der Waals surface area contributed by atoms with Crippen molar-refractivity contribution in [3.8, 4) is 0 Å². The van der Waals surface area contributed by atoms with E-state index in [0.29, 0.717) is 0 Å². The molecule has 0 nitrogen and oxygen atoms in total. The Morgan fingerprint density at radius 3 is 2.58 bits per heavy atom. The van der Waals surface area contributed by atoms with Crippen LogP contribution in [0.4, 0.5) is 0 Å². The number of hydrogen-bond donors (Lipinski definition) is 0. The van der Waals surface area contributed by atoms with Crippen molar-refractivity contribution in [2.45, 2.75) is 13.3 Å². The van der Waals surface area contributed by atoms with Crippen LogP contribution in [0.1, 0.15) is 11.1 Å². The molecular weight excluding hydrogens is 312 g/mol. The van der Waals surface area contributed by atoms with Crippen LogP contribution in [0.3, 0.4) is 0 Å². The van der Waals surface area contributed by atoms with E-state index in [4.69, 9.17) is 0 Å². The Hall–Kier alpha value is 0.313. The van der Waals surface area contributed by atoms with Gasteiger partial charge in [0.05, 0.1) is 0 Å². The Labute approximate surface area is 104 Å². The molecule has 0 saturated heterocycles. The van der Waals surface area contributed by atoms with Crippen molar-refractivity contribution in [2.75, 3.05) is 0 Å². The molecule has 0 saturated carbocycles. The zero-order valence-electron chi connectivity index (χ0n) is 7.31. The van der Waals surface area contributed by atoms with Gasteiger partial charge in [0.25, 0.3) is 0 Å². The van der Waals surface area contributed by atoms with E-state index in [1.54, 1.807) is 0 Å². The summed E-state index contributed by atoms with van der Waals surface area (Å²) in [5.41, 5.74) is 2.59. The number of aryl methyl sites for hydroxylation is 1. The van der Waals surface area contributed by atoms with Crippen LogP contribution >= 0.6 is 0 Å². The van der Waals surface area contributed by atoms with Crippen LogP contribution < -0.4 is 24.0 Å². The van der Waals surface area contributed by atoms with Crippen LogP contribution in [-0.2, 0) is 25.9 Å². The van der Waals surface area contributed by atoms with Crippen molar-refractivity contribution >= 4 is 0 Å². The van der Waals surface area contributed by atoms with Gasteiger partial charge in [-0.3, -0.25) is 0 Å². The van der Waals surface area contributed by atoms with Gasteiger partial charge in [0.1, 0.15) is 0 Å². The van der Waals surface area contributed by atoms with E-state index in [1.807, 2.05) is 0 Å². The first-order chi connectivity index (χ1) is 4.83. The molecular formula is C10H11IZn-. The summed E-state index contributed by atoms with van der Waals surface area (Å²) in [4.78, 5) is 0. The van der Waals surface area contributed by atoms with Crippen LogP contribution in [0, 0.1) is 13.0 Å². The molecule has 0 heterocycles. The van der Waals surface area contributed by atoms with E-state index < -0.39 is 0 Å². The van der Waals surface area contributed by atoms with E-state index in [9.17, 15) is 0 Å². The Kier molecular flexibility index (Phi) is 9.80. The fourth-order valence-corrected chi connectivity index (χ4v) is 0.966. The molecule has 61 valence electrons. The summed E-state index contributed by atoms with van der Waals surface area (Å²) in [5.74, 6) is 0. The zero-order chi connectivity index (χ0) is 7.40. The van der Waals surface area contributed by atoms with Crippen LogP contribution in [-0.4, -0.2) is 0 Å². The van der Waals surface area contributed by atoms with Gasteiger partial charge in [0, 0.05) is 19.5 Å². The summed E-state index contributed by atoms with van der Waals surface area (Å²) in [5, 5.41) is 0. The molecule has 0 aliphatic rings. The molecule has 0 aliphatic heterocycles. The molecule has 1 aromatic carbocycles. The largest absolute Gasteiger partial charge is 1.00 e. The molecule has 1 aromatic rings. The average molecular weight is 323 g/mol. The molecule has 0 unspecified atom stereocenters. The van der Waals surface area contributed by atoms with Crippen LogP contribution in [0.15, 0.2) is 30.8 Å². The van der Waals surface area contributed by atoms with Gasteiger partial charge in [-0.15, -0.1) is 0 Å². The van der Waals surface area contributed by atoms with Gasteiger partial charge in [-0.05, 0) is 25.0 Å². The third kappa shape index (κ3) is 5.05. The fourth-order valence-electron chi connectivity index (χ4n) is 0.966. The molecule has 1 rings (SSSR count). The number of benzene rings is 1. The first-order valence-corrected chi connectivity index (χ1v) is 3.38. The van der Waals surface area contributed by atoms with Crippen molar-refractivity contribution < 1.29 is 43.5 Å². The topological polar surface area (TPSA) is 0 Å². The number of hydrogen-bond acceptors (Lipinski definition) is 0. The molecule has 0 fully saturated rings. The summed E-state index contributed by atoms with van der Waals surface area (Å²) in [6.07, 6.45) is 3.71. The van der Waals surface area contributed by atoms with Crippen molar-refractivity contribution in [3.63, 3.8) is 0 Å². The summed E-state index contributed by atoms with van der Waals surface area (Å²) < 4.78 is 0. The molecule has 1 radical (unpaired) electrons. The third-order valence-electron chi connectivity index (χ3n) is 1.41. The van der Waals surface area contributed by atoms with E-state index in [-0.39, 0.29) is 43.5 Å². The smallest absolute Gasteiger partial charge is 0 e. The van der Waals surface area contributed by atoms with Gasteiger partial charge in [0.2, 0.25) is 0 Å². The minimum absolute atomic E-state index is 0. The Balaban J connectivity index is 0. The normalized spacial score (nSPS) is 7.75. The van der Waals surface area contributed by atoms with Crippen LogP contribution in [0.2, 0.25) is 0 Å². The van der Waals surface area contributed by atoms with Crippen molar-refractivity contribution in [3.05, 3.63) is 48.0 Å². The maximum absolute atomic E-state index is 3.56. The molecule has 12 heavy (non-hydrogen) atoms. The molecule has 0 bridgehead atoms. The van der Waals surface area contributed by atoms with E-state index in [1.165, 1.54) is 11.1 Å². The maximum Gasteiger partial charge on any atom is 0 e. The minimum atomic E-state index is 0. The number of rotatable bonds is 2. The summed E-state index contributed by atoms with van der Waals surface area (Å²) in [6, 6.07) is 8.39. The monoisotopic (exact) mass is 322 g/mol. The summed E-state index contributed by atoms with van der Waals surface area (Å²) in [6.45, 7) is 5.65. The van der Waals surface area contributed by atoms with E-state index in [0.717, 1.165) is 6.42 Å². The summed E-state index contributed by atoms with van der Waals surface area (Å²) >= 11 is 0. The molecule has 0 N–H and O–H groups in total. The zero-order valence-corrected chi connectivity index (χ0v) is 12.4. The molecule has 0 atom stereocenters. The molecule has 2 heteroatoms. The Bertz CT molecular complexity index is 233. The van der Waals surface area contributed by atoms with Gasteiger partial charge in [0.15, 0.2) is 0 Å². The maximum atomic E-state index is 3.56. The van der Waals surface area contributed by atoms with Crippen molar-refractivity contribution in [1.29, 1.82) is 0 Å². The van der Waals surface area contributed by atoms with Gasteiger partial charge < -0.3 is 24.0 Å². The van der Waals surface area contributed by atoms with Gasteiger partial charge in [-0.2, -0.15) is 0 Å². The first kappa shape index (κ1) is 14.8. The molecule has 0 amide bonds. The Morgan fingerprint density at radius 1 is 1.42 bits per heavy atom. The van der Waals surface area contributed by atoms with Crippen molar-refractivity contribution in [1.82, 2.24) is 0 Å². The first-order valence-electron chi connectivity index (χ1n) is 3.38. The van der Waals surface area contributed by atoms with Crippen LogP contribution in [0.25, 0.3) is 0 Å². The van der Waals surface area contributed by atoms with Crippen LogP contribution in [0.5, 0.6) is 0 Å². The second-order valence-electron chi connectivity index (χ2n) is 2.42. The number of allylic oxidation sites excluding steroid dienone is 1. The predicted molar refractivity (Wildman–Crippen MR) is 43.8 cm³/mol. The quantitative estimate of drug-likeness (QED) is 0.510. The molecule has 0 aromatic heterocycles. The second-order valence-corrected chi connectivity index (χ2v) is 2.42. The SMILES string of the molecule is C=[C]Cc1cccc(C)c1.[I-].[Zn]. The number of halogens is 1. The minimum Gasteiger partial charge on any atom is -1.00 e. The Morgan fingerprint density at radius 2 is 2.08 bits per heavy atom. The molecule has 0 spiro atoms. The molecule has 0 aliphatic carbocycles. The third-order valence-corrected chi connectivity index (χ3v) is 1.41. The average Bonchev–Trinajstić information content (AvgIpc) is 1.88.